The molecule has 0 spiro atoms. The quantitative estimate of drug-likeness (QED) is 0.135. The average Bonchev–Trinajstić information content (AvgIpc) is 3.91. The van der Waals surface area contributed by atoms with Gasteiger partial charge in [-0.25, -0.2) is 9.83 Å². The fourth-order valence-electron chi connectivity index (χ4n) is 10.7. The summed E-state index contributed by atoms with van der Waals surface area (Å²) in [5.41, 5.74) is 19.1. The van der Waals surface area contributed by atoms with E-state index in [4.69, 9.17) is 16.3 Å². The molecule has 368 valence electrons. The maximum absolute atomic E-state index is 7.97. The van der Waals surface area contributed by atoms with Crippen LogP contribution in [0, 0.1) is 20.4 Å². The molecule has 0 fully saturated rings. The molecule has 6 heteroatoms. The number of hydrogen-bond acceptors (Lipinski definition) is 4. The summed E-state index contributed by atoms with van der Waals surface area (Å²) in [4.78, 5) is 13.8. The van der Waals surface area contributed by atoms with E-state index < -0.39 is 0 Å². The van der Waals surface area contributed by atoms with E-state index in [1.54, 1.807) is 0 Å². The summed E-state index contributed by atoms with van der Waals surface area (Å²) in [6.07, 6.45) is 2.93. The lowest BCUT2D eigenvalue weighted by Gasteiger charge is -2.29. The lowest BCUT2D eigenvalue weighted by molar-refractivity contribution is 0.483. The van der Waals surface area contributed by atoms with Crippen LogP contribution in [-0.4, -0.2) is 16.2 Å². The zero-order chi connectivity index (χ0) is 51.7. The van der Waals surface area contributed by atoms with E-state index in [1.165, 1.54) is 44.5 Å². The molecule has 73 heavy (non-hydrogen) atoms. The van der Waals surface area contributed by atoms with E-state index >= 15 is 0 Å². The fraction of sp³-hybridized carbons (Fsp3) is 0.284. The van der Waals surface area contributed by atoms with Gasteiger partial charge in [0.2, 0.25) is 0 Å². The van der Waals surface area contributed by atoms with Gasteiger partial charge in [-0.2, -0.15) is 0 Å². The van der Waals surface area contributed by atoms with Crippen molar-refractivity contribution in [3.05, 3.63) is 197 Å². The van der Waals surface area contributed by atoms with Gasteiger partial charge in [-0.1, -0.05) is 137 Å². The van der Waals surface area contributed by atoms with Crippen LogP contribution < -0.4 is 14.5 Å². The zero-order valence-corrected chi connectivity index (χ0v) is 45.1. The number of para-hydroxylation sites is 3. The van der Waals surface area contributed by atoms with Gasteiger partial charge in [-0.15, -0.1) is 0 Å². The molecule has 1 aliphatic rings. The summed E-state index contributed by atoms with van der Waals surface area (Å²) < 4.78 is 9.48. The Labute approximate surface area is 433 Å². The van der Waals surface area contributed by atoms with Crippen molar-refractivity contribution in [2.45, 2.75) is 119 Å². The van der Waals surface area contributed by atoms with Crippen molar-refractivity contribution in [3.63, 3.8) is 0 Å². The third-order valence-electron chi connectivity index (χ3n) is 15.2. The number of aromatic nitrogens is 2. The summed E-state index contributed by atoms with van der Waals surface area (Å²) in [6, 6.07) is 52.8. The van der Waals surface area contributed by atoms with Gasteiger partial charge in [0.15, 0.2) is 5.69 Å². The Morgan fingerprint density at radius 3 is 1.90 bits per heavy atom. The molecule has 1 unspecified atom stereocenters. The van der Waals surface area contributed by atoms with Gasteiger partial charge in [-0.05, 0) is 171 Å². The van der Waals surface area contributed by atoms with Crippen molar-refractivity contribution >= 4 is 50.2 Å². The van der Waals surface area contributed by atoms with E-state index in [9.17, 15) is 0 Å². The highest BCUT2D eigenvalue weighted by atomic mass is 16.5. The maximum Gasteiger partial charge on any atom is 0.187 e. The summed E-state index contributed by atoms with van der Waals surface area (Å²) in [6.45, 7) is 38.1. The van der Waals surface area contributed by atoms with E-state index in [-0.39, 0.29) is 16.2 Å². The summed E-state index contributed by atoms with van der Waals surface area (Å²) in [7, 11) is 0. The van der Waals surface area contributed by atoms with Crippen LogP contribution >= 0.6 is 0 Å². The van der Waals surface area contributed by atoms with Gasteiger partial charge in [0.05, 0.1) is 29.0 Å². The van der Waals surface area contributed by atoms with Gasteiger partial charge in [0.1, 0.15) is 24.0 Å². The third-order valence-corrected chi connectivity index (χ3v) is 15.2. The molecule has 10 rings (SSSR count). The molecule has 0 amide bonds. The van der Waals surface area contributed by atoms with Gasteiger partial charge in [0.25, 0.3) is 0 Å². The van der Waals surface area contributed by atoms with Crippen LogP contribution in [0.4, 0.5) is 28.4 Å². The molecule has 0 radical (unpaired) electrons. The Kier molecular flexibility index (Phi) is 12.4. The second-order valence-electron chi connectivity index (χ2n) is 23.4. The molecule has 1 atom stereocenters. The molecule has 6 nitrogen and oxygen atoms in total. The highest BCUT2D eigenvalue weighted by molar-refractivity contribution is 6.09. The Hall–Kier alpha value is -7.62. The van der Waals surface area contributed by atoms with Crippen molar-refractivity contribution in [2.24, 2.45) is 0 Å². The topological polar surface area (TPSA) is 37.9 Å². The normalized spacial score (nSPS) is 13.4. The number of pyridine rings is 1. The minimum atomic E-state index is -0.0413. The van der Waals surface area contributed by atoms with E-state index in [0.29, 0.717) is 18.3 Å². The van der Waals surface area contributed by atoms with E-state index in [0.717, 1.165) is 79.5 Å². The molecule has 0 saturated carbocycles. The number of rotatable bonds is 9. The number of fused-ring (bicyclic) bond motifs is 4. The number of ether oxygens (including phenoxy) is 1. The average molecular weight is 960 g/mol. The second kappa shape index (κ2) is 18.5. The molecule has 3 heterocycles. The zero-order valence-electron chi connectivity index (χ0n) is 45.1. The van der Waals surface area contributed by atoms with Crippen molar-refractivity contribution in [1.82, 2.24) is 9.55 Å². The first-order chi connectivity index (χ1) is 34.7. The molecule has 0 N–H and O–H groups in total. The van der Waals surface area contributed by atoms with Gasteiger partial charge >= 0.3 is 0 Å². The van der Waals surface area contributed by atoms with Crippen molar-refractivity contribution in [3.8, 4) is 39.6 Å². The smallest absolute Gasteiger partial charge is 0.187 e. The standard InChI is InChI=1S/C67H69N5O/c1-15-42(2)54-28-25-49(68-14)38-58(54)55-27-24-43(3)64(44(55)4)45-32-50(70-41-71(61-23-19-18-22-60(61)70)51-35-47(66(8,9)10)34-48(36-51)67(11,12)13)39-53(33-45)73-52-26-29-57-56-20-16-17-21-59(56)72(62(57)40-52)63-37-46(30-31-69-63)65(5,6)7/h16-40,42H,15,41H2,1-13H3. The number of hydrogen-bond donors (Lipinski definition) is 0. The first-order valence-corrected chi connectivity index (χ1v) is 26.0. The Bertz CT molecular complexity index is 3610. The fourth-order valence-corrected chi connectivity index (χ4v) is 10.7. The highest BCUT2D eigenvalue weighted by Gasteiger charge is 2.31. The molecular formula is C67H69N5O. The van der Waals surface area contributed by atoms with Crippen LogP contribution in [0.3, 0.4) is 0 Å². The predicted molar refractivity (Wildman–Crippen MR) is 309 cm³/mol. The third kappa shape index (κ3) is 9.16. The molecule has 0 aliphatic carbocycles. The summed E-state index contributed by atoms with van der Waals surface area (Å²) in [5, 5.41) is 2.31. The largest absolute Gasteiger partial charge is 0.457 e. The van der Waals surface area contributed by atoms with E-state index in [1.807, 2.05) is 12.3 Å². The molecule has 0 bridgehead atoms. The summed E-state index contributed by atoms with van der Waals surface area (Å²) in [5.74, 6) is 2.69. The molecule has 2 aromatic heterocycles. The monoisotopic (exact) mass is 960 g/mol. The second-order valence-corrected chi connectivity index (χ2v) is 23.4. The lowest BCUT2D eigenvalue weighted by atomic mass is 9.80. The molecule has 1 aliphatic heterocycles. The maximum atomic E-state index is 7.97. The van der Waals surface area contributed by atoms with Crippen molar-refractivity contribution in [2.75, 3.05) is 16.5 Å². The predicted octanol–water partition coefficient (Wildman–Crippen LogP) is 19.1. The van der Waals surface area contributed by atoms with Crippen LogP contribution in [0.2, 0.25) is 0 Å². The number of benzene rings is 7. The van der Waals surface area contributed by atoms with Gasteiger partial charge in [-0.3, -0.25) is 4.57 Å². The van der Waals surface area contributed by atoms with Crippen LogP contribution in [0.25, 0.3) is 54.7 Å². The van der Waals surface area contributed by atoms with Crippen LogP contribution in [-0.2, 0) is 16.2 Å². The first-order valence-electron chi connectivity index (χ1n) is 26.0. The Morgan fingerprint density at radius 2 is 1.25 bits per heavy atom. The first kappa shape index (κ1) is 49.0. The Balaban J connectivity index is 1.16. The lowest BCUT2D eigenvalue weighted by Crippen LogP contribution is -2.25. The number of anilines is 4. The molecular weight excluding hydrogens is 891 g/mol. The molecule has 9 aromatic rings. The number of aryl methyl sites for hydroxylation is 1. The minimum absolute atomic E-state index is 0.0310. The molecule has 0 saturated heterocycles. The molecule has 7 aromatic carbocycles. The SMILES string of the molecule is [C-]#[N+]c1ccc(C(C)CC)c(-c2ccc(C)c(-c3cc(Oc4ccc5c6ccccc6n(-c6cc(C(C)(C)C)ccn6)c5c4)cc(N4CN(c5cc(C(C)(C)C)cc(C(C)(C)C)c5)c5ccccc54)c3)c2C)c1. The number of nitrogens with zero attached hydrogens (tertiary/aromatic N) is 5. The van der Waals surface area contributed by atoms with Gasteiger partial charge < -0.3 is 14.5 Å². The van der Waals surface area contributed by atoms with Crippen molar-refractivity contribution < 1.29 is 4.74 Å². The Morgan fingerprint density at radius 1 is 0.603 bits per heavy atom. The van der Waals surface area contributed by atoms with E-state index in [2.05, 4.69) is 249 Å². The minimum Gasteiger partial charge on any atom is -0.457 e. The van der Waals surface area contributed by atoms with Crippen LogP contribution in [0.5, 0.6) is 11.5 Å². The van der Waals surface area contributed by atoms with Crippen LogP contribution in [0.1, 0.15) is 122 Å². The highest BCUT2D eigenvalue weighted by Crippen LogP contribution is 2.49. The van der Waals surface area contributed by atoms with Crippen molar-refractivity contribution in [1.29, 1.82) is 0 Å². The van der Waals surface area contributed by atoms with Gasteiger partial charge in [0, 0.05) is 40.5 Å². The summed E-state index contributed by atoms with van der Waals surface area (Å²) >= 11 is 0. The van der Waals surface area contributed by atoms with Crippen LogP contribution in [0.15, 0.2) is 152 Å².